The van der Waals surface area contributed by atoms with E-state index >= 15 is 0 Å². The fourth-order valence-corrected chi connectivity index (χ4v) is 3.01. The molecule has 8 heteroatoms. The number of likely N-dealkylation sites (N-methyl/N-ethyl adjacent to an activating group) is 1. The number of hydrogen-bond acceptors (Lipinski definition) is 5. The number of rotatable bonds is 4. The number of hydrogen-bond donors (Lipinski definition) is 1. The van der Waals surface area contributed by atoms with Gasteiger partial charge < -0.3 is 15.1 Å². The highest BCUT2D eigenvalue weighted by atomic mass is 35.5. The fourth-order valence-electron chi connectivity index (χ4n) is 2.67. The number of aromatic nitrogens is 2. The van der Waals surface area contributed by atoms with Gasteiger partial charge in [-0.15, -0.1) is 0 Å². The van der Waals surface area contributed by atoms with Gasteiger partial charge in [-0.2, -0.15) is 0 Å². The van der Waals surface area contributed by atoms with Crippen molar-refractivity contribution in [2.24, 2.45) is 0 Å². The average molecular weight is 380 g/mol. The van der Waals surface area contributed by atoms with Crippen molar-refractivity contribution in [3.8, 4) is 0 Å². The molecule has 1 saturated heterocycles. The summed E-state index contributed by atoms with van der Waals surface area (Å²) in [5, 5.41) is 3.61. The maximum atomic E-state index is 12.3. The first-order chi connectivity index (χ1) is 12.1. The van der Waals surface area contributed by atoms with Gasteiger partial charge in [0.25, 0.3) is 5.91 Å². The van der Waals surface area contributed by atoms with Gasteiger partial charge in [-0.05, 0) is 24.7 Å². The number of nitrogens with zero attached hydrogens (tertiary/aromatic N) is 4. The monoisotopic (exact) mass is 379 g/mol. The van der Waals surface area contributed by atoms with E-state index in [1.54, 1.807) is 24.4 Å². The van der Waals surface area contributed by atoms with Gasteiger partial charge in [-0.25, -0.2) is 9.97 Å². The molecule has 3 rings (SSSR count). The Bertz CT molecular complexity index is 745. The van der Waals surface area contributed by atoms with Crippen LogP contribution in [0.2, 0.25) is 10.0 Å². The summed E-state index contributed by atoms with van der Waals surface area (Å²) in [6.07, 6.45) is 3.12. The van der Waals surface area contributed by atoms with E-state index in [1.807, 2.05) is 0 Å². The van der Waals surface area contributed by atoms with E-state index in [-0.39, 0.29) is 11.6 Å². The largest absolute Gasteiger partial charge is 0.353 e. The van der Waals surface area contributed by atoms with Crippen molar-refractivity contribution in [2.75, 3.05) is 42.9 Å². The molecule has 132 valence electrons. The summed E-state index contributed by atoms with van der Waals surface area (Å²) in [5.41, 5.74) is 0.674. The first-order valence-corrected chi connectivity index (χ1v) is 8.88. The van der Waals surface area contributed by atoms with Crippen molar-refractivity contribution in [1.82, 2.24) is 14.9 Å². The van der Waals surface area contributed by atoms with Crippen molar-refractivity contribution < 1.29 is 4.79 Å². The third kappa shape index (κ3) is 4.39. The molecule has 1 aromatic carbocycles. The van der Waals surface area contributed by atoms with Crippen molar-refractivity contribution >= 4 is 40.6 Å². The van der Waals surface area contributed by atoms with E-state index in [0.717, 1.165) is 38.5 Å². The summed E-state index contributed by atoms with van der Waals surface area (Å²) in [5.74, 6) is 0.409. The number of carbonyl (C=O) groups excluding carboxylic acids is 1. The van der Waals surface area contributed by atoms with Crippen LogP contribution in [0.15, 0.2) is 30.6 Å². The van der Waals surface area contributed by atoms with Gasteiger partial charge in [0, 0.05) is 31.2 Å². The lowest BCUT2D eigenvalue weighted by Gasteiger charge is -2.34. The second-order valence-electron chi connectivity index (χ2n) is 5.76. The van der Waals surface area contributed by atoms with E-state index in [1.165, 1.54) is 6.20 Å². The highest BCUT2D eigenvalue weighted by molar-refractivity contribution is 6.35. The Morgan fingerprint density at radius 2 is 1.92 bits per heavy atom. The first-order valence-electron chi connectivity index (χ1n) is 8.12. The minimum atomic E-state index is -0.376. The van der Waals surface area contributed by atoms with Crippen molar-refractivity contribution in [3.63, 3.8) is 0 Å². The van der Waals surface area contributed by atoms with Crippen LogP contribution >= 0.6 is 23.2 Å². The van der Waals surface area contributed by atoms with Crippen molar-refractivity contribution in [1.29, 1.82) is 0 Å². The Balaban J connectivity index is 1.66. The number of amides is 1. The molecular formula is C17H19Cl2N5O. The van der Waals surface area contributed by atoms with Crippen LogP contribution in [-0.2, 0) is 0 Å². The summed E-state index contributed by atoms with van der Waals surface area (Å²) in [4.78, 5) is 25.5. The molecule has 2 aromatic rings. The molecule has 0 spiro atoms. The molecule has 0 unspecified atom stereocenters. The van der Waals surface area contributed by atoms with E-state index < -0.39 is 0 Å². The molecule has 0 radical (unpaired) electrons. The smallest absolute Gasteiger partial charge is 0.275 e. The molecule has 1 aromatic heterocycles. The molecule has 25 heavy (non-hydrogen) atoms. The third-order valence-electron chi connectivity index (χ3n) is 4.19. The zero-order valence-corrected chi connectivity index (χ0v) is 15.4. The topological polar surface area (TPSA) is 61.4 Å². The van der Waals surface area contributed by atoms with E-state index in [4.69, 9.17) is 23.2 Å². The Kier molecular flexibility index (Phi) is 5.73. The van der Waals surface area contributed by atoms with E-state index in [2.05, 4.69) is 32.0 Å². The Hall–Kier alpha value is -1.89. The second-order valence-corrected chi connectivity index (χ2v) is 6.60. The molecule has 1 amide bonds. The molecule has 1 N–H and O–H groups in total. The highest BCUT2D eigenvalue weighted by Gasteiger charge is 2.18. The van der Waals surface area contributed by atoms with Gasteiger partial charge in [0.05, 0.1) is 23.1 Å². The lowest BCUT2D eigenvalue weighted by molar-refractivity contribution is 0.102. The first kappa shape index (κ1) is 17.9. The zero-order valence-electron chi connectivity index (χ0n) is 13.9. The van der Waals surface area contributed by atoms with Gasteiger partial charge in [0.2, 0.25) is 0 Å². The van der Waals surface area contributed by atoms with Gasteiger partial charge in [-0.3, -0.25) is 4.79 Å². The number of piperazine rings is 1. The summed E-state index contributed by atoms with van der Waals surface area (Å²) >= 11 is 12.0. The van der Waals surface area contributed by atoms with Gasteiger partial charge in [0.1, 0.15) is 11.5 Å². The average Bonchev–Trinajstić information content (AvgIpc) is 2.65. The molecule has 1 aliphatic rings. The Labute approximate surface area is 156 Å². The van der Waals surface area contributed by atoms with Crippen molar-refractivity contribution in [3.05, 3.63) is 46.3 Å². The van der Waals surface area contributed by atoms with Crippen LogP contribution in [-0.4, -0.2) is 53.5 Å². The predicted molar refractivity (Wildman–Crippen MR) is 101 cm³/mol. The van der Waals surface area contributed by atoms with Crippen LogP contribution in [0.1, 0.15) is 17.4 Å². The van der Waals surface area contributed by atoms with Crippen LogP contribution in [0.4, 0.5) is 11.5 Å². The molecule has 0 saturated carbocycles. The Morgan fingerprint density at radius 1 is 1.16 bits per heavy atom. The minimum absolute atomic E-state index is 0.229. The SMILES string of the molecule is CCN1CCN(c2cnc(C(=O)Nc3cc(Cl)ccc3Cl)cn2)CC1. The summed E-state index contributed by atoms with van der Waals surface area (Å²) in [6.45, 7) is 7.06. The normalized spacial score (nSPS) is 15.2. The summed E-state index contributed by atoms with van der Waals surface area (Å²) in [7, 11) is 0. The molecule has 2 heterocycles. The highest BCUT2D eigenvalue weighted by Crippen LogP contribution is 2.25. The van der Waals surface area contributed by atoms with Crippen LogP contribution < -0.4 is 10.2 Å². The van der Waals surface area contributed by atoms with Gasteiger partial charge in [-0.1, -0.05) is 30.1 Å². The third-order valence-corrected chi connectivity index (χ3v) is 4.76. The number of anilines is 2. The lowest BCUT2D eigenvalue weighted by atomic mass is 10.3. The molecule has 0 bridgehead atoms. The van der Waals surface area contributed by atoms with Gasteiger partial charge in [0.15, 0.2) is 0 Å². The predicted octanol–water partition coefficient (Wildman–Crippen LogP) is 3.18. The number of benzene rings is 1. The van der Waals surface area contributed by atoms with Crippen LogP contribution in [0.3, 0.4) is 0 Å². The molecular weight excluding hydrogens is 361 g/mol. The molecule has 1 aliphatic heterocycles. The maximum Gasteiger partial charge on any atom is 0.275 e. The fraction of sp³-hybridized carbons (Fsp3) is 0.353. The number of nitrogens with one attached hydrogen (secondary N) is 1. The molecule has 6 nitrogen and oxygen atoms in total. The van der Waals surface area contributed by atoms with Crippen LogP contribution in [0.25, 0.3) is 0 Å². The summed E-state index contributed by atoms with van der Waals surface area (Å²) in [6, 6.07) is 4.88. The molecule has 0 atom stereocenters. The minimum Gasteiger partial charge on any atom is -0.353 e. The lowest BCUT2D eigenvalue weighted by Crippen LogP contribution is -2.46. The zero-order chi connectivity index (χ0) is 17.8. The summed E-state index contributed by atoms with van der Waals surface area (Å²) < 4.78 is 0. The molecule has 0 aliphatic carbocycles. The second kappa shape index (κ2) is 7.99. The standard InChI is InChI=1S/C17H19Cl2N5O/c1-2-23-5-7-24(8-6-23)16-11-20-15(10-21-16)17(25)22-14-9-12(18)3-4-13(14)19/h3-4,9-11H,2,5-8H2,1H3,(H,22,25). The maximum absolute atomic E-state index is 12.3. The number of halogens is 2. The quantitative estimate of drug-likeness (QED) is 0.883. The Morgan fingerprint density at radius 3 is 2.56 bits per heavy atom. The van der Waals surface area contributed by atoms with Crippen molar-refractivity contribution in [2.45, 2.75) is 6.92 Å². The number of carbonyl (C=O) groups is 1. The van der Waals surface area contributed by atoms with E-state index in [9.17, 15) is 4.79 Å². The van der Waals surface area contributed by atoms with E-state index in [0.29, 0.717) is 15.7 Å². The molecule has 1 fully saturated rings. The van der Waals surface area contributed by atoms with Crippen LogP contribution in [0.5, 0.6) is 0 Å². The van der Waals surface area contributed by atoms with Gasteiger partial charge >= 0.3 is 0 Å². The van der Waals surface area contributed by atoms with Crippen LogP contribution in [0, 0.1) is 0 Å².